The molecule has 0 aliphatic carbocycles. The number of aromatic nitrogens is 1. The van der Waals surface area contributed by atoms with Crippen LogP contribution >= 0.6 is 10.7 Å². The Morgan fingerprint density at radius 2 is 2.17 bits per heavy atom. The van der Waals surface area contributed by atoms with E-state index in [1.165, 1.54) is 16.8 Å². The number of hydrogen-bond acceptors (Lipinski definition) is 3. The summed E-state index contributed by atoms with van der Waals surface area (Å²) in [6.07, 6.45) is 3.16. The van der Waals surface area contributed by atoms with E-state index in [4.69, 9.17) is 10.7 Å². The van der Waals surface area contributed by atoms with Gasteiger partial charge < -0.3 is 9.88 Å². The Hall–Kier alpha value is -1.01. The van der Waals surface area contributed by atoms with Crippen LogP contribution in [0.15, 0.2) is 17.2 Å². The smallest absolute Gasteiger partial charge is 0.268 e. The number of carbonyl (C=O) groups is 1. The molecule has 0 saturated carbocycles. The summed E-state index contributed by atoms with van der Waals surface area (Å²) in [6.45, 7) is 3.94. The normalized spacial score (nSPS) is 13.3. The molecule has 0 aromatic carbocycles. The second-order valence-corrected chi connectivity index (χ2v) is 6.84. The van der Waals surface area contributed by atoms with Gasteiger partial charge in [-0.3, -0.25) is 4.79 Å². The van der Waals surface area contributed by atoms with Crippen LogP contribution in [0.4, 0.5) is 0 Å². The maximum Gasteiger partial charge on any atom is 0.268 e. The molecule has 0 fully saturated rings. The highest BCUT2D eigenvalue weighted by molar-refractivity contribution is 8.13. The summed E-state index contributed by atoms with van der Waals surface area (Å²) in [5.41, 5.74) is 0.275. The number of nitrogens with one attached hydrogen (secondary N) is 1. The van der Waals surface area contributed by atoms with Gasteiger partial charge in [0.25, 0.3) is 15.0 Å². The second-order valence-electron chi connectivity index (χ2n) is 4.27. The molecule has 1 unspecified atom stereocenters. The minimum atomic E-state index is -3.81. The fraction of sp³-hybridized carbons (Fsp3) is 0.545. The van der Waals surface area contributed by atoms with Crippen molar-refractivity contribution < 1.29 is 13.2 Å². The third-order valence-electron chi connectivity index (χ3n) is 2.59. The summed E-state index contributed by atoms with van der Waals surface area (Å²) in [5, 5.41) is 2.81. The maximum absolute atomic E-state index is 11.9. The zero-order chi connectivity index (χ0) is 13.9. The van der Waals surface area contributed by atoms with Crippen LogP contribution in [0.2, 0.25) is 0 Å². The van der Waals surface area contributed by atoms with E-state index < -0.39 is 9.05 Å². The van der Waals surface area contributed by atoms with Crippen molar-refractivity contribution in [1.82, 2.24) is 9.88 Å². The van der Waals surface area contributed by atoms with Gasteiger partial charge in [0.15, 0.2) is 0 Å². The summed E-state index contributed by atoms with van der Waals surface area (Å²) in [4.78, 5) is 11.9. The van der Waals surface area contributed by atoms with E-state index in [0.29, 0.717) is 0 Å². The molecule has 7 heteroatoms. The zero-order valence-corrected chi connectivity index (χ0v) is 12.2. The standard InChI is InChI=1S/C11H17ClN2O3S/c1-4-5-8(2)13-11(15)10-6-9(7-14(10)3)18(12,16)17/h6-8H,4-5H2,1-3H3,(H,13,15). The molecule has 0 radical (unpaired) electrons. The molecule has 1 aromatic rings. The molecule has 1 amide bonds. The molecular formula is C11H17ClN2O3S. The Kier molecular flexibility index (Phi) is 4.81. The topological polar surface area (TPSA) is 68.2 Å². The molecule has 5 nitrogen and oxygen atoms in total. The van der Waals surface area contributed by atoms with Gasteiger partial charge in [0.1, 0.15) is 10.6 Å². The van der Waals surface area contributed by atoms with Gasteiger partial charge in [-0.2, -0.15) is 0 Å². The summed E-state index contributed by atoms with van der Waals surface area (Å²) in [6, 6.07) is 1.32. The molecular weight excluding hydrogens is 276 g/mol. The van der Waals surface area contributed by atoms with Crippen LogP contribution < -0.4 is 5.32 Å². The average Bonchev–Trinajstić information content (AvgIpc) is 2.60. The first-order chi connectivity index (χ1) is 8.25. The predicted molar refractivity (Wildman–Crippen MR) is 70.3 cm³/mol. The molecule has 0 bridgehead atoms. The Labute approximate surface area is 112 Å². The van der Waals surface area contributed by atoms with E-state index in [-0.39, 0.29) is 22.5 Å². The highest BCUT2D eigenvalue weighted by Crippen LogP contribution is 2.17. The number of nitrogens with zero attached hydrogens (tertiary/aromatic N) is 1. The Morgan fingerprint density at radius 3 is 2.61 bits per heavy atom. The number of amides is 1. The van der Waals surface area contributed by atoms with E-state index in [1.54, 1.807) is 7.05 Å². The van der Waals surface area contributed by atoms with Crippen LogP contribution in [0.3, 0.4) is 0 Å². The predicted octanol–water partition coefficient (Wildman–Crippen LogP) is 1.87. The van der Waals surface area contributed by atoms with Crippen molar-refractivity contribution in [2.75, 3.05) is 0 Å². The van der Waals surface area contributed by atoms with Crippen LogP contribution in [0.25, 0.3) is 0 Å². The lowest BCUT2D eigenvalue weighted by molar-refractivity contribution is 0.0930. The van der Waals surface area contributed by atoms with Crippen molar-refractivity contribution in [3.05, 3.63) is 18.0 Å². The first-order valence-electron chi connectivity index (χ1n) is 5.67. The third-order valence-corrected chi connectivity index (χ3v) is 3.91. The molecule has 0 spiro atoms. The Bertz CT molecular complexity index is 536. The molecule has 102 valence electrons. The molecule has 0 aliphatic rings. The third kappa shape index (κ3) is 3.74. The van der Waals surface area contributed by atoms with Crippen molar-refractivity contribution in [2.24, 2.45) is 7.05 Å². The van der Waals surface area contributed by atoms with Crippen LogP contribution in [0.5, 0.6) is 0 Å². The van der Waals surface area contributed by atoms with E-state index in [1.807, 2.05) is 13.8 Å². The Morgan fingerprint density at radius 1 is 1.56 bits per heavy atom. The van der Waals surface area contributed by atoms with Gasteiger partial charge in [-0.05, 0) is 19.4 Å². The fourth-order valence-corrected chi connectivity index (χ4v) is 2.49. The van der Waals surface area contributed by atoms with Gasteiger partial charge in [-0.1, -0.05) is 13.3 Å². The van der Waals surface area contributed by atoms with Gasteiger partial charge in [0, 0.05) is 30.0 Å². The number of aryl methyl sites for hydroxylation is 1. The van der Waals surface area contributed by atoms with Gasteiger partial charge in [-0.25, -0.2) is 8.42 Å². The highest BCUT2D eigenvalue weighted by Gasteiger charge is 2.19. The number of halogens is 1. The lowest BCUT2D eigenvalue weighted by Gasteiger charge is -2.12. The largest absolute Gasteiger partial charge is 0.348 e. The first kappa shape index (κ1) is 15.0. The van der Waals surface area contributed by atoms with Crippen LogP contribution in [-0.2, 0) is 16.1 Å². The van der Waals surface area contributed by atoms with Crippen molar-refractivity contribution in [3.8, 4) is 0 Å². The number of rotatable bonds is 5. The SMILES string of the molecule is CCCC(C)NC(=O)c1cc(S(=O)(=O)Cl)cn1C. The zero-order valence-electron chi connectivity index (χ0n) is 10.6. The molecule has 1 aromatic heterocycles. The molecule has 1 heterocycles. The number of carbonyl (C=O) groups excluding carboxylic acids is 1. The quantitative estimate of drug-likeness (QED) is 0.843. The van der Waals surface area contributed by atoms with E-state index in [9.17, 15) is 13.2 Å². The fourth-order valence-electron chi connectivity index (χ4n) is 1.70. The summed E-state index contributed by atoms with van der Waals surface area (Å²) < 4.78 is 23.8. The maximum atomic E-state index is 11.9. The summed E-state index contributed by atoms with van der Waals surface area (Å²) in [7, 11) is 3.03. The first-order valence-corrected chi connectivity index (χ1v) is 7.98. The lowest BCUT2D eigenvalue weighted by atomic mass is 10.2. The Balaban J connectivity index is 2.91. The molecule has 1 rings (SSSR count). The van der Waals surface area contributed by atoms with E-state index in [2.05, 4.69) is 5.32 Å². The van der Waals surface area contributed by atoms with Crippen LogP contribution in [0, 0.1) is 0 Å². The molecule has 0 saturated heterocycles. The molecule has 1 N–H and O–H groups in total. The molecule has 1 atom stereocenters. The van der Waals surface area contributed by atoms with Crippen molar-refractivity contribution in [2.45, 2.75) is 37.6 Å². The number of hydrogen-bond donors (Lipinski definition) is 1. The summed E-state index contributed by atoms with van der Waals surface area (Å²) >= 11 is 0. The highest BCUT2D eigenvalue weighted by atomic mass is 35.7. The van der Waals surface area contributed by atoms with Gasteiger partial charge in [0.2, 0.25) is 0 Å². The summed E-state index contributed by atoms with van der Waals surface area (Å²) in [5.74, 6) is -0.301. The van der Waals surface area contributed by atoms with Gasteiger partial charge in [-0.15, -0.1) is 0 Å². The monoisotopic (exact) mass is 292 g/mol. The van der Waals surface area contributed by atoms with Crippen molar-refractivity contribution >= 4 is 25.6 Å². The minimum absolute atomic E-state index is 0.0495. The van der Waals surface area contributed by atoms with Crippen LogP contribution in [0.1, 0.15) is 37.2 Å². The lowest BCUT2D eigenvalue weighted by Crippen LogP contribution is -2.33. The minimum Gasteiger partial charge on any atom is -0.348 e. The molecule has 0 aliphatic heterocycles. The van der Waals surface area contributed by atoms with Gasteiger partial charge >= 0.3 is 0 Å². The molecule has 18 heavy (non-hydrogen) atoms. The van der Waals surface area contributed by atoms with Crippen LogP contribution in [-0.4, -0.2) is 24.9 Å². The van der Waals surface area contributed by atoms with Crippen molar-refractivity contribution in [3.63, 3.8) is 0 Å². The van der Waals surface area contributed by atoms with E-state index >= 15 is 0 Å². The van der Waals surface area contributed by atoms with E-state index in [0.717, 1.165) is 12.8 Å². The average molecular weight is 293 g/mol. The van der Waals surface area contributed by atoms with Crippen molar-refractivity contribution in [1.29, 1.82) is 0 Å². The second kappa shape index (κ2) is 5.75. The van der Waals surface area contributed by atoms with Gasteiger partial charge in [0.05, 0.1) is 0 Å².